The van der Waals surface area contributed by atoms with Gasteiger partial charge in [-0.2, -0.15) is 0 Å². The fraction of sp³-hybridized carbons (Fsp3) is 0.375. The molecule has 1 aliphatic heterocycles. The Labute approximate surface area is 304 Å². The van der Waals surface area contributed by atoms with Crippen molar-refractivity contribution < 1.29 is 28.2 Å². The Morgan fingerprint density at radius 2 is 1.77 bits per heavy atom. The molecule has 1 saturated heterocycles. The van der Waals surface area contributed by atoms with Gasteiger partial charge in [-0.05, 0) is 124 Å². The number of nitrogens with one attached hydrogen (secondary N) is 2. The maximum absolute atomic E-state index is 15.3. The van der Waals surface area contributed by atoms with Gasteiger partial charge in [0.05, 0.1) is 22.6 Å². The standard InChI is InChI=1S/C40H47F2N5O4Si/c1-25-32(20-28(41)21-35(25)46-39(48)31-12-9-27(19-34(31)42)40(2,3)49)37-33-22-36(26-7-10-29(11-8-26)51-30-13-15-43-16-14-30)47(38(33)45-23-44-37)24-50-17-18-52(4,5)6/h7-12,19-23,30,43,49H,13-18,24H2,1-6H3,(H,46,48). The molecular weight excluding hydrogens is 681 g/mol. The number of anilines is 1. The minimum Gasteiger partial charge on any atom is -0.490 e. The first-order valence-electron chi connectivity index (χ1n) is 17.7. The fourth-order valence-electron chi connectivity index (χ4n) is 6.32. The first-order chi connectivity index (χ1) is 24.7. The summed E-state index contributed by atoms with van der Waals surface area (Å²) in [5.74, 6) is -1.33. The molecular formula is C40H47F2N5O4Si. The zero-order chi connectivity index (χ0) is 37.2. The van der Waals surface area contributed by atoms with Gasteiger partial charge in [-0.1, -0.05) is 25.7 Å². The molecule has 2 aromatic heterocycles. The van der Waals surface area contributed by atoms with Crippen molar-refractivity contribution in [1.82, 2.24) is 19.9 Å². The predicted molar refractivity (Wildman–Crippen MR) is 203 cm³/mol. The van der Waals surface area contributed by atoms with Crippen LogP contribution in [-0.4, -0.2) is 59.4 Å². The molecule has 52 heavy (non-hydrogen) atoms. The van der Waals surface area contributed by atoms with Crippen LogP contribution in [0.15, 0.2) is 67.0 Å². The number of benzene rings is 3. The SMILES string of the molecule is Cc1c(NC(=O)c2ccc(C(C)(C)O)cc2F)cc(F)cc1-c1ncnc2c1cc(-c1ccc(OC3CCNCC3)cc1)n2COCC[Si](C)(C)C. The van der Waals surface area contributed by atoms with E-state index in [2.05, 4.69) is 40.2 Å². The van der Waals surface area contributed by atoms with E-state index >= 15 is 8.78 Å². The van der Waals surface area contributed by atoms with E-state index < -0.39 is 31.2 Å². The number of fused-ring (bicyclic) bond motifs is 1. The highest BCUT2D eigenvalue weighted by Crippen LogP contribution is 2.37. The Balaban J connectivity index is 1.36. The van der Waals surface area contributed by atoms with E-state index in [4.69, 9.17) is 9.47 Å². The van der Waals surface area contributed by atoms with Crippen LogP contribution >= 0.6 is 0 Å². The molecule has 3 aromatic carbocycles. The van der Waals surface area contributed by atoms with E-state index in [1.54, 1.807) is 6.92 Å². The molecule has 1 aliphatic rings. The number of ether oxygens (including phenoxy) is 2. The summed E-state index contributed by atoms with van der Waals surface area (Å²) in [6.45, 7) is 14.5. The third-order valence-corrected chi connectivity index (χ3v) is 11.1. The van der Waals surface area contributed by atoms with E-state index in [9.17, 15) is 9.90 Å². The Morgan fingerprint density at radius 3 is 2.44 bits per heavy atom. The zero-order valence-electron chi connectivity index (χ0n) is 30.6. The molecule has 0 bridgehead atoms. The highest BCUT2D eigenvalue weighted by molar-refractivity contribution is 6.76. The monoisotopic (exact) mass is 727 g/mol. The van der Waals surface area contributed by atoms with Gasteiger partial charge in [-0.25, -0.2) is 18.7 Å². The molecule has 0 spiro atoms. The Hall–Kier alpha value is -4.49. The van der Waals surface area contributed by atoms with E-state index in [0.717, 1.165) is 55.0 Å². The van der Waals surface area contributed by atoms with Crippen LogP contribution < -0.4 is 15.4 Å². The molecule has 3 N–H and O–H groups in total. The van der Waals surface area contributed by atoms with Crippen LogP contribution in [0.5, 0.6) is 5.75 Å². The second-order valence-electron chi connectivity index (χ2n) is 15.2. The lowest BCUT2D eigenvalue weighted by molar-refractivity contribution is 0.0780. The van der Waals surface area contributed by atoms with Gasteiger partial charge in [-0.3, -0.25) is 4.79 Å². The molecule has 3 heterocycles. The summed E-state index contributed by atoms with van der Waals surface area (Å²) in [7, 11) is -1.33. The number of aliphatic hydroxyl groups is 1. The van der Waals surface area contributed by atoms with Crippen molar-refractivity contribution in [1.29, 1.82) is 0 Å². The highest BCUT2D eigenvalue weighted by atomic mass is 28.3. The van der Waals surface area contributed by atoms with Crippen molar-refractivity contribution in [3.63, 3.8) is 0 Å². The fourth-order valence-corrected chi connectivity index (χ4v) is 7.07. The van der Waals surface area contributed by atoms with Crippen molar-refractivity contribution in [3.05, 3.63) is 95.3 Å². The maximum Gasteiger partial charge on any atom is 0.258 e. The summed E-state index contributed by atoms with van der Waals surface area (Å²) in [5.41, 5.74) is 2.86. The van der Waals surface area contributed by atoms with E-state index in [1.807, 2.05) is 34.9 Å². The first kappa shape index (κ1) is 37.3. The molecule has 1 fully saturated rings. The van der Waals surface area contributed by atoms with Crippen LogP contribution in [0.25, 0.3) is 33.5 Å². The van der Waals surface area contributed by atoms with Crippen LogP contribution in [0.4, 0.5) is 14.5 Å². The smallest absolute Gasteiger partial charge is 0.258 e. The second kappa shape index (κ2) is 15.2. The number of aromatic nitrogens is 3. The lowest BCUT2D eigenvalue weighted by Gasteiger charge is -2.23. The number of hydrogen-bond acceptors (Lipinski definition) is 7. The van der Waals surface area contributed by atoms with Gasteiger partial charge < -0.3 is 29.8 Å². The molecule has 274 valence electrons. The molecule has 0 radical (unpaired) electrons. The summed E-state index contributed by atoms with van der Waals surface area (Å²) in [6, 6.07) is 17.5. The van der Waals surface area contributed by atoms with Crippen LogP contribution in [0.2, 0.25) is 25.7 Å². The number of carbonyl (C=O) groups is 1. The topological polar surface area (TPSA) is 111 Å². The van der Waals surface area contributed by atoms with Crippen LogP contribution in [0, 0.1) is 18.6 Å². The summed E-state index contributed by atoms with van der Waals surface area (Å²) in [4.78, 5) is 22.5. The molecule has 0 atom stereocenters. The lowest BCUT2D eigenvalue weighted by atomic mass is 9.96. The van der Waals surface area contributed by atoms with Crippen molar-refractivity contribution in [2.45, 2.75) is 77.7 Å². The number of carbonyl (C=O) groups excluding carboxylic acids is 1. The molecule has 0 aliphatic carbocycles. The van der Waals surface area contributed by atoms with Crippen molar-refractivity contribution in [2.24, 2.45) is 0 Å². The average Bonchev–Trinajstić information content (AvgIpc) is 3.46. The number of rotatable bonds is 12. The number of halogens is 2. The second-order valence-corrected chi connectivity index (χ2v) is 20.8. The van der Waals surface area contributed by atoms with E-state index in [1.165, 1.54) is 44.4 Å². The van der Waals surface area contributed by atoms with Gasteiger partial charge in [0.1, 0.15) is 42.2 Å². The average molecular weight is 728 g/mol. The van der Waals surface area contributed by atoms with Crippen LogP contribution in [0.1, 0.15) is 48.2 Å². The molecule has 9 nitrogen and oxygen atoms in total. The maximum atomic E-state index is 15.3. The zero-order valence-corrected chi connectivity index (χ0v) is 31.6. The number of amides is 1. The van der Waals surface area contributed by atoms with E-state index in [-0.39, 0.29) is 24.1 Å². The van der Waals surface area contributed by atoms with Crippen molar-refractivity contribution in [2.75, 3.05) is 25.0 Å². The van der Waals surface area contributed by atoms with Gasteiger partial charge in [0.15, 0.2) is 0 Å². The predicted octanol–water partition coefficient (Wildman–Crippen LogP) is 8.27. The number of hydrogen-bond donors (Lipinski definition) is 3. The van der Waals surface area contributed by atoms with E-state index in [0.29, 0.717) is 40.0 Å². The van der Waals surface area contributed by atoms with Crippen LogP contribution in [-0.2, 0) is 17.1 Å². The Bertz CT molecular complexity index is 2070. The minimum absolute atomic E-state index is 0.177. The quantitative estimate of drug-likeness (QED) is 0.0877. The third-order valence-electron chi connectivity index (χ3n) is 9.44. The van der Waals surface area contributed by atoms with Crippen molar-refractivity contribution >= 4 is 30.7 Å². The van der Waals surface area contributed by atoms with Gasteiger partial charge in [0.2, 0.25) is 0 Å². The first-order valence-corrected chi connectivity index (χ1v) is 21.4. The van der Waals surface area contributed by atoms with Gasteiger partial charge in [0, 0.05) is 31.3 Å². The summed E-state index contributed by atoms with van der Waals surface area (Å²) >= 11 is 0. The number of piperidine rings is 1. The summed E-state index contributed by atoms with van der Waals surface area (Å²) in [6.07, 6.45) is 3.55. The molecule has 6 rings (SSSR count). The molecule has 0 saturated carbocycles. The summed E-state index contributed by atoms with van der Waals surface area (Å²) < 4.78 is 44.8. The third kappa shape index (κ3) is 8.58. The van der Waals surface area contributed by atoms with Gasteiger partial charge in [-0.15, -0.1) is 0 Å². The van der Waals surface area contributed by atoms with Gasteiger partial charge >= 0.3 is 0 Å². The Morgan fingerprint density at radius 1 is 1.04 bits per heavy atom. The number of nitrogens with zero attached hydrogens (tertiary/aromatic N) is 3. The largest absolute Gasteiger partial charge is 0.490 e. The normalized spacial score (nSPS) is 14.2. The molecule has 0 unspecified atom stereocenters. The highest BCUT2D eigenvalue weighted by Gasteiger charge is 2.23. The molecule has 12 heteroatoms. The minimum atomic E-state index is -1.33. The molecule has 1 amide bonds. The van der Waals surface area contributed by atoms with Gasteiger partial charge in [0.25, 0.3) is 5.91 Å². The summed E-state index contributed by atoms with van der Waals surface area (Å²) in [5, 5.41) is 17.0. The Kier molecular flexibility index (Phi) is 10.9. The van der Waals surface area contributed by atoms with Crippen molar-refractivity contribution in [3.8, 4) is 28.3 Å². The lowest BCUT2D eigenvalue weighted by Crippen LogP contribution is -2.34. The van der Waals surface area contributed by atoms with Crippen LogP contribution in [0.3, 0.4) is 0 Å². The molecule has 5 aromatic rings.